The summed E-state index contributed by atoms with van der Waals surface area (Å²) in [5.41, 5.74) is 3.80. The molecule has 2 nitrogen and oxygen atoms in total. The van der Waals surface area contributed by atoms with Gasteiger partial charge >= 0.3 is 0 Å². The van der Waals surface area contributed by atoms with Gasteiger partial charge < -0.3 is 4.98 Å². The van der Waals surface area contributed by atoms with E-state index in [-0.39, 0.29) is 0 Å². The number of nitrogens with one attached hydrogen (secondary N) is 1. The van der Waals surface area contributed by atoms with Gasteiger partial charge in [0.15, 0.2) is 6.29 Å². The van der Waals surface area contributed by atoms with Crippen molar-refractivity contribution >= 4 is 63.3 Å². The quantitative estimate of drug-likeness (QED) is 0.570. The smallest absolute Gasteiger partial charge is 0.152 e. The molecule has 102 valence electrons. The molecule has 0 saturated heterocycles. The highest BCUT2D eigenvalue weighted by Crippen LogP contribution is 2.41. The number of halogens is 3. The van der Waals surface area contributed by atoms with E-state index in [1.807, 2.05) is 13.0 Å². The van der Waals surface area contributed by atoms with Crippen LogP contribution in [-0.2, 0) is 0 Å². The number of hydrogen-bond donors (Lipinski definition) is 1. The molecule has 0 aliphatic heterocycles. The molecule has 0 atom stereocenters. The van der Waals surface area contributed by atoms with Gasteiger partial charge in [0, 0.05) is 27.1 Å². The van der Waals surface area contributed by atoms with Crippen LogP contribution in [0.25, 0.3) is 22.2 Å². The number of aryl methyl sites for hydroxylation is 1. The van der Waals surface area contributed by atoms with Crippen molar-refractivity contribution in [2.24, 2.45) is 0 Å². The van der Waals surface area contributed by atoms with Crippen molar-refractivity contribution in [1.29, 1.82) is 0 Å². The second-order valence-corrected chi connectivity index (χ2v) is 7.14. The third-order valence-corrected chi connectivity index (χ3v) is 4.86. The Balaban J connectivity index is 2.39. The fourth-order valence-corrected chi connectivity index (χ4v) is 4.04. The Kier molecular flexibility index (Phi) is 3.55. The van der Waals surface area contributed by atoms with Crippen LogP contribution in [0.3, 0.4) is 0 Å². The molecule has 3 aromatic rings. The highest BCUT2D eigenvalue weighted by atomic mass is 35.5. The van der Waals surface area contributed by atoms with Crippen LogP contribution in [0.15, 0.2) is 18.2 Å². The zero-order chi connectivity index (χ0) is 14.4. The summed E-state index contributed by atoms with van der Waals surface area (Å²) in [7, 11) is 0. The molecule has 3 rings (SSSR count). The number of aromatic nitrogens is 1. The lowest BCUT2D eigenvalue weighted by molar-refractivity contribution is 0.112. The lowest BCUT2D eigenvalue weighted by atomic mass is 10.1. The van der Waals surface area contributed by atoms with Gasteiger partial charge in [0.1, 0.15) is 4.34 Å². The third kappa shape index (κ3) is 2.15. The van der Waals surface area contributed by atoms with Gasteiger partial charge in [-0.25, -0.2) is 0 Å². The fourth-order valence-electron chi connectivity index (χ4n) is 2.29. The van der Waals surface area contributed by atoms with Crippen molar-refractivity contribution in [2.75, 3.05) is 0 Å². The Labute approximate surface area is 134 Å². The SMILES string of the molecule is Cc1cc(Cl)cc2c(C=O)c(-c3cc(Cl)sc3Cl)[nH]c12. The molecule has 0 unspecified atom stereocenters. The predicted octanol–water partition coefficient (Wildman–Crippen LogP) is 5.98. The van der Waals surface area contributed by atoms with Gasteiger partial charge in [0.05, 0.1) is 10.0 Å². The molecular weight excluding hydrogens is 337 g/mol. The summed E-state index contributed by atoms with van der Waals surface area (Å²) in [6.45, 7) is 1.94. The largest absolute Gasteiger partial charge is 0.354 e. The third-order valence-electron chi connectivity index (χ3n) is 3.15. The Hall–Kier alpha value is -1.000. The van der Waals surface area contributed by atoms with Gasteiger partial charge in [-0.2, -0.15) is 0 Å². The number of fused-ring (bicyclic) bond motifs is 1. The first kappa shape index (κ1) is 14.0. The number of aromatic amines is 1. The minimum absolute atomic E-state index is 0.543. The van der Waals surface area contributed by atoms with Crippen molar-refractivity contribution in [3.05, 3.63) is 43.0 Å². The van der Waals surface area contributed by atoms with E-state index in [2.05, 4.69) is 4.98 Å². The van der Waals surface area contributed by atoms with Crippen molar-refractivity contribution < 1.29 is 4.79 Å². The molecular formula is C14H8Cl3NOS. The zero-order valence-corrected chi connectivity index (χ0v) is 13.3. The molecule has 6 heteroatoms. The minimum atomic E-state index is 0.543. The lowest BCUT2D eigenvalue weighted by Crippen LogP contribution is -1.82. The van der Waals surface area contributed by atoms with Crippen LogP contribution >= 0.6 is 46.1 Å². The van der Waals surface area contributed by atoms with Gasteiger partial charge in [0.2, 0.25) is 0 Å². The van der Waals surface area contributed by atoms with Crippen molar-refractivity contribution in [1.82, 2.24) is 4.98 Å². The number of thiophene rings is 1. The van der Waals surface area contributed by atoms with Gasteiger partial charge in [-0.1, -0.05) is 34.8 Å². The summed E-state index contributed by atoms with van der Waals surface area (Å²) in [6, 6.07) is 5.37. The topological polar surface area (TPSA) is 32.9 Å². The normalized spacial score (nSPS) is 11.2. The van der Waals surface area contributed by atoms with E-state index in [0.717, 1.165) is 28.3 Å². The molecule has 0 aliphatic rings. The lowest BCUT2D eigenvalue weighted by Gasteiger charge is -1.97. The van der Waals surface area contributed by atoms with Crippen molar-refractivity contribution in [3.63, 3.8) is 0 Å². The molecule has 1 N–H and O–H groups in total. The summed E-state index contributed by atoms with van der Waals surface area (Å²) in [5, 5.41) is 1.39. The second-order valence-electron chi connectivity index (χ2n) is 4.41. The zero-order valence-electron chi connectivity index (χ0n) is 10.3. The molecule has 0 bridgehead atoms. The van der Waals surface area contributed by atoms with Crippen LogP contribution in [-0.4, -0.2) is 11.3 Å². The van der Waals surface area contributed by atoms with E-state index < -0.39 is 0 Å². The highest BCUT2D eigenvalue weighted by molar-refractivity contribution is 7.20. The molecule has 0 spiro atoms. The van der Waals surface area contributed by atoms with Crippen LogP contribution < -0.4 is 0 Å². The maximum Gasteiger partial charge on any atom is 0.152 e. The average Bonchev–Trinajstić information content (AvgIpc) is 2.89. The molecule has 0 amide bonds. The van der Waals surface area contributed by atoms with E-state index in [0.29, 0.717) is 25.0 Å². The predicted molar refractivity (Wildman–Crippen MR) is 86.8 cm³/mol. The molecule has 1 aromatic carbocycles. The van der Waals surface area contributed by atoms with Crippen molar-refractivity contribution in [3.8, 4) is 11.3 Å². The van der Waals surface area contributed by atoms with Crippen LogP contribution in [0.4, 0.5) is 0 Å². The number of aldehydes is 1. The number of rotatable bonds is 2. The molecule has 0 saturated carbocycles. The standard InChI is InChI=1S/C14H8Cl3NOS/c1-6-2-7(15)3-8-10(5-19)13(18-12(6)8)9-4-11(16)20-14(9)17/h2-5,18H,1H3. The molecule has 0 aliphatic carbocycles. The maximum atomic E-state index is 11.5. The molecule has 2 aromatic heterocycles. The summed E-state index contributed by atoms with van der Waals surface area (Å²) in [4.78, 5) is 14.7. The Morgan fingerprint density at radius 2 is 1.95 bits per heavy atom. The van der Waals surface area contributed by atoms with E-state index in [9.17, 15) is 4.79 Å². The fraction of sp³-hybridized carbons (Fsp3) is 0.0714. The minimum Gasteiger partial charge on any atom is -0.354 e. The molecule has 0 fully saturated rings. The number of benzene rings is 1. The Bertz CT molecular complexity index is 835. The first-order chi connectivity index (χ1) is 9.51. The van der Waals surface area contributed by atoms with E-state index in [1.54, 1.807) is 12.1 Å². The summed E-state index contributed by atoms with van der Waals surface area (Å²) >= 11 is 19.5. The number of hydrogen-bond acceptors (Lipinski definition) is 2. The molecule has 20 heavy (non-hydrogen) atoms. The van der Waals surface area contributed by atoms with Crippen LogP contribution in [0, 0.1) is 6.92 Å². The first-order valence-electron chi connectivity index (χ1n) is 5.73. The van der Waals surface area contributed by atoms with Gasteiger partial charge in [-0.15, -0.1) is 11.3 Å². The Morgan fingerprint density at radius 1 is 1.20 bits per heavy atom. The molecule has 0 radical (unpaired) electrons. The number of carbonyl (C=O) groups is 1. The maximum absolute atomic E-state index is 11.5. The Morgan fingerprint density at radius 3 is 2.55 bits per heavy atom. The highest BCUT2D eigenvalue weighted by Gasteiger charge is 2.18. The second kappa shape index (κ2) is 5.08. The van der Waals surface area contributed by atoms with Crippen molar-refractivity contribution in [2.45, 2.75) is 6.92 Å². The van der Waals surface area contributed by atoms with E-state index in [4.69, 9.17) is 34.8 Å². The summed E-state index contributed by atoms with van der Waals surface area (Å²) in [6.07, 6.45) is 0.811. The average molecular weight is 345 g/mol. The summed E-state index contributed by atoms with van der Waals surface area (Å²) < 4.78 is 1.13. The monoisotopic (exact) mass is 343 g/mol. The van der Waals surface area contributed by atoms with Gasteiger partial charge in [-0.05, 0) is 30.7 Å². The van der Waals surface area contributed by atoms with Crippen LogP contribution in [0.1, 0.15) is 15.9 Å². The number of H-pyrrole nitrogens is 1. The summed E-state index contributed by atoms with van der Waals surface area (Å²) in [5.74, 6) is 0. The first-order valence-corrected chi connectivity index (χ1v) is 7.68. The van der Waals surface area contributed by atoms with E-state index >= 15 is 0 Å². The van der Waals surface area contributed by atoms with Gasteiger partial charge in [0.25, 0.3) is 0 Å². The van der Waals surface area contributed by atoms with E-state index in [1.165, 1.54) is 11.3 Å². The van der Waals surface area contributed by atoms with Crippen LogP contribution in [0.5, 0.6) is 0 Å². The number of carbonyl (C=O) groups excluding carboxylic acids is 1. The van der Waals surface area contributed by atoms with Gasteiger partial charge in [-0.3, -0.25) is 4.79 Å². The van der Waals surface area contributed by atoms with Crippen LogP contribution in [0.2, 0.25) is 13.7 Å². The molecule has 2 heterocycles.